The molecule has 3 heterocycles. The van der Waals surface area contributed by atoms with Crippen LogP contribution in [-0.4, -0.2) is 36.4 Å². The molecule has 2 fully saturated rings. The van der Waals surface area contributed by atoms with Crippen LogP contribution in [0, 0.1) is 5.92 Å². The number of anilines is 2. The largest absolute Gasteiger partial charge is 0.357 e. The van der Waals surface area contributed by atoms with Gasteiger partial charge in [-0.3, -0.25) is 9.59 Å². The van der Waals surface area contributed by atoms with Gasteiger partial charge < -0.3 is 15.1 Å². The average molecular weight is 443 g/mol. The molecule has 2 aromatic rings. The third-order valence-electron chi connectivity index (χ3n) is 5.32. The molecule has 0 spiro atoms. The highest BCUT2D eigenvalue weighted by Crippen LogP contribution is 2.27. The Kier molecular flexibility index (Phi) is 5.62. The summed E-state index contributed by atoms with van der Waals surface area (Å²) >= 11 is 3.42. The van der Waals surface area contributed by atoms with E-state index in [1.54, 1.807) is 4.90 Å². The maximum absolute atomic E-state index is 12.6. The number of carbonyl (C=O) groups is 2. The van der Waals surface area contributed by atoms with E-state index in [9.17, 15) is 9.59 Å². The lowest BCUT2D eigenvalue weighted by molar-refractivity contribution is -0.126. The number of aromatic nitrogens is 1. The van der Waals surface area contributed by atoms with Crippen LogP contribution in [-0.2, 0) is 16.1 Å². The number of amides is 2. The molecule has 2 amide bonds. The highest BCUT2D eigenvalue weighted by Gasteiger charge is 2.35. The van der Waals surface area contributed by atoms with Crippen LogP contribution in [0.1, 0.15) is 24.8 Å². The number of hydrogen-bond acceptors (Lipinski definition) is 4. The zero-order valence-corrected chi connectivity index (χ0v) is 17.2. The van der Waals surface area contributed by atoms with Crippen molar-refractivity contribution in [1.29, 1.82) is 0 Å². The van der Waals surface area contributed by atoms with Gasteiger partial charge in [-0.2, -0.15) is 0 Å². The predicted octanol–water partition coefficient (Wildman–Crippen LogP) is 3.11. The van der Waals surface area contributed by atoms with E-state index in [0.29, 0.717) is 13.1 Å². The summed E-state index contributed by atoms with van der Waals surface area (Å²) in [6, 6.07) is 11.6. The fraction of sp³-hybridized carbons (Fsp3) is 0.381. The van der Waals surface area contributed by atoms with Crippen LogP contribution in [0.5, 0.6) is 0 Å². The zero-order valence-electron chi connectivity index (χ0n) is 15.6. The van der Waals surface area contributed by atoms with E-state index < -0.39 is 0 Å². The molecule has 4 rings (SSSR count). The van der Waals surface area contributed by atoms with Gasteiger partial charge in [0.25, 0.3) is 0 Å². The molecule has 1 unspecified atom stereocenters. The van der Waals surface area contributed by atoms with E-state index >= 15 is 0 Å². The van der Waals surface area contributed by atoms with Crippen LogP contribution in [0.2, 0.25) is 0 Å². The topological polar surface area (TPSA) is 65.5 Å². The minimum Gasteiger partial charge on any atom is -0.357 e. The van der Waals surface area contributed by atoms with Crippen molar-refractivity contribution in [2.75, 3.05) is 29.4 Å². The molecule has 0 bridgehead atoms. The molecular weight excluding hydrogens is 420 g/mol. The van der Waals surface area contributed by atoms with E-state index in [4.69, 9.17) is 0 Å². The molecule has 7 heteroatoms. The van der Waals surface area contributed by atoms with Gasteiger partial charge in [0.15, 0.2) is 0 Å². The maximum atomic E-state index is 12.6. The Labute approximate surface area is 173 Å². The van der Waals surface area contributed by atoms with Crippen molar-refractivity contribution in [3.8, 4) is 0 Å². The minimum atomic E-state index is -0.330. The van der Waals surface area contributed by atoms with Gasteiger partial charge in [-0.25, -0.2) is 4.98 Å². The van der Waals surface area contributed by atoms with E-state index in [1.165, 1.54) is 12.8 Å². The first-order valence-electron chi connectivity index (χ1n) is 9.64. The van der Waals surface area contributed by atoms with Crippen molar-refractivity contribution in [2.45, 2.75) is 25.8 Å². The second-order valence-corrected chi connectivity index (χ2v) is 8.24. The number of nitrogens with zero attached hydrogens (tertiary/aromatic N) is 3. The molecule has 0 aliphatic carbocycles. The highest BCUT2D eigenvalue weighted by atomic mass is 79.9. The quantitative estimate of drug-likeness (QED) is 0.772. The molecule has 28 heavy (non-hydrogen) atoms. The molecule has 2 aliphatic heterocycles. The van der Waals surface area contributed by atoms with E-state index in [1.807, 2.05) is 42.6 Å². The Morgan fingerprint density at radius 3 is 2.75 bits per heavy atom. The Hall–Kier alpha value is -2.41. The summed E-state index contributed by atoms with van der Waals surface area (Å²) in [6.45, 7) is 2.96. The predicted molar refractivity (Wildman–Crippen MR) is 112 cm³/mol. The van der Waals surface area contributed by atoms with E-state index in [2.05, 4.69) is 31.1 Å². The van der Waals surface area contributed by atoms with Gasteiger partial charge in [0.05, 0.1) is 5.92 Å². The molecular formula is C21H23BrN4O2. The molecule has 0 radical (unpaired) electrons. The van der Waals surface area contributed by atoms with Crippen LogP contribution in [0.4, 0.5) is 11.5 Å². The SMILES string of the molecule is O=C(NCc1ccc(N2CCCC2)nc1)C1CC(=O)N(c2cccc(Br)c2)C1. The fourth-order valence-electron chi connectivity index (χ4n) is 3.76. The van der Waals surface area contributed by atoms with Crippen LogP contribution in [0.3, 0.4) is 0 Å². The first-order chi connectivity index (χ1) is 13.6. The van der Waals surface area contributed by atoms with Gasteiger partial charge in [-0.15, -0.1) is 0 Å². The van der Waals surface area contributed by atoms with Crippen molar-refractivity contribution in [3.05, 3.63) is 52.6 Å². The zero-order chi connectivity index (χ0) is 19.5. The summed E-state index contributed by atoms with van der Waals surface area (Å²) < 4.78 is 0.913. The molecule has 6 nitrogen and oxygen atoms in total. The van der Waals surface area contributed by atoms with Gasteiger partial charge in [0, 0.05) is 49.0 Å². The van der Waals surface area contributed by atoms with Crippen molar-refractivity contribution < 1.29 is 9.59 Å². The Morgan fingerprint density at radius 1 is 1.21 bits per heavy atom. The molecule has 2 saturated heterocycles. The lowest BCUT2D eigenvalue weighted by Gasteiger charge is -2.17. The molecule has 1 aromatic carbocycles. The van der Waals surface area contributed by atoms with Gasteiger partial charge in [0.2, 0.25) is 11.8 Å². The Morgan fingerprint density at radius 2 is 2.04 bits per heavy atom. The van der Waals surface area contributed by atoms with Crippen molar-refractivity contribution in [3.63, 3.8) is 0 Å². The second-order valence-electron chi connectivity index (χ2n) is 7.32. The molecule has 1 atom stereocenters. The average Bonchev–Trinajstić information content (AvgIpc) is 3.36. The molecule has 1 aromatic heterocycles. The summed E-state index contributed by atoms with van der Waals surface area (Å²) in [5, 5.41) is 2.95. The van der Waals surface area contributed by atoms with Crippen LogP contribution in [0.25, 0.3) is 0 Å². The summed E-state index contributed by atoms with van der Waals surface area (Å²) in [4.78, 5) is 33.4. The minimum absolute atomic E-state index is 0.0186. The lowest BCUT2D eigenvalue weighted by atomic mass is 10.1. The monoisotopic (exact) mass is 442 g/mol. The van der Waals surface area contributed by atoms with Crippen LogP contribution >= 0.6 is 15.9 Å². The highest BCUT2D eigenvalue weighted by molar-refractivity contribution is 9.10. The third-order valence-corrected chi connectivity index (χ3v) is 5.81. The summed E-state index contributed by atoms with van der Waals surface area (Å²) in [6.07, 6.45) is 4.50. The van der Waals surface area contributed by atoms with E-state index in [-0.39, 0.29) is 24.2 Å². The number of halogens is 1. The van der Waals surface area contributed by atoms with Crippen molar-refractivity contribution in [2.24, 2.45) is 5.92 Å². The van der Waals surface area contributed by atoms with Crippen LogP contribution in [0.15, 0.2) is 47.1 Å². The first kappa shape index (κ1) is 18.9. The maximum Gasteiger partial charge on any atom is 0.227 e. The molecule has 1 N–H and O–H groups in total. The molecule has 0 saturated carbocycles. The number of hydrogen-bond donors (Lipinski definition) is 1. The number of nitrogens with one attached hydrogen (secondary N) is 1. The van der Waals surface area contributed by atoms with Crippen molar-refractivity contribution >= 4 is 39.2 Å². The van der Waals surface area contributed by atoms with E-state index in [0.717, 1.165) is 34.6 Å². The van der Waals surface area contributed by atoms with Gasteiger partial charge in [-0.1, -0.05) is 28.1 Å². The normalized spacial score (nSPS) is 19.3. The Balaban J connectivity index is 1.32. The number of pyridine rings is 1. The van der Waals surface area contributed by atoms with Crippen molar-refractivity contribution in [1.82, 2.24) is 10.3 Å². The summed E-state index contributed by atoms with van der Waals surface area (Å²) in [5.74, 6) is 0.561. The lowest BCUT2D eigenvalue weighted by Crippen LogP contribution is -2.32. The number of benzene rings is 1. The van der Waals surface area contributed by atoms with Gasteiger partial charge >= 0.3 is 0 Å². The number of carbonyl (C=O) groups excluding carboxylic acids is 2. The summed E-state index contributed by atoms with van der Waals surface area (Å²) in [7, 11) is 0. The fourth-order valence-corrected chi connectivity index (χ4v) is 4.15. The second kappa shape index (κ2) is 8.31. The molecule has 2 aliphatic rings. The number of rotatable bonds is 5. The van der Waals surface area contributed by atoms with Crippen LogP contribution < -0.4 is 15.1 Å². The smallest absolute Gasteiger partial charge is 0.227 e. The summed E-state index contributed by atoms with van der Waals surface area (Å²) in [5.41, 5.74) is 1.78. The standard InChI is InChI=1S/C21H23BrN4O2/c22-17-4-3-5-18(11-17)26-14-16(10-20(26)27)21(28)24-13-15-6-7-19(23-12-15)25-8-1-2-9-25/h3-7,11-12,16H,1-2,8-10,13-14H2,(H,24,28). The van der Waals surface area contributed by atoms with Gasteiger partial charge in [0.1, 0.15) is 5.82 Å². The Bertz CT molecular complexity index is 865. The third kappa shape index (κ3) is 4.19. The van der Waals surface area contributed by atoms with Gasteiger partial charge in [-0.05, 0) is 42.7 Å². The molecule has 146 valence electrons. The first-order valence-corrected chi connectivity index (χ1v) is 10.4.